The first-order valence-corrected chi connectivity index (χ1v) is 9.41. The summed E-state index contributed by atoms with van der Waals surface area (Å²) in [5, 5.41) is 2.01. The first-order chi connectivity index (χ1) is 14.4. The van der Waals surface area contributed by atoms with E-state index in [1.807, 2.05) is 0 Å². The van der Waals surface area contributed by atoms with Gasteiger partial charge in [-0.15, -0.1) is 0 Å². The summed E-state index contributed by atoms with van der Waals surface area (Å²) in [7, 11) is 0. The zero-order valence-corrected chi connectivity index (χ0v) is 17.3. The van der Waals surface area contributed by atoms with Gasteiger partial charge in [0.2, 0.25) is 0 Å². The molecule has 3 aromatic rings. The highest BCUT2D eigenvalue weighted by molar-refractivity contribution is 5.82. The van der Waals surface area contributed by atoms with Gasteiger partial charge in [0.05, 0.1) is 34.4 Å². The van der Waals surface area contributed by atoms with E-state index in [0.29, 0.717) is 0 Å². The third-order valence-corrected chi connectivity index (χ3v) is 4.25. The lowest BCUT2D eigenvalue weighted by Gasteiger charge is -2.23. The molecule has 1 amide bonds. The second-order valence-electron chi connectivity index (χ2n) is 7.89. The van der Waals surface area contributed by atoms with Crippen LogP contribution < -0.4 is 10.9 Å². The maximum Gasteiger partial charge on any atom is 0.417 e. The molecule has 1 unspecified atom stereocenters. The quantitative estimate of drug-likeness (QED) is 0.661. The van der Waals surface area contributed by atoms with Crippen LogP contribution in [0.4, 0.5) is 18.0 Å². The summed E-state index contributed by atoms with van der Waals surface area (Å²) in [6.45, 7) is 6.62. The standard InChI is InChI=1S/C21H21F3N4O3/c1-12(26-19(30)31-20(2,3)4)17-27-15-9-5-8-14(21(22,23)24)16(15)18(29)28(17)13-7-6-10-25-11-13/h5-12H,1-4H3,(H,26,30). The molecule has 2 heterocycles. The summed E-state index contributed by atoms with van der Waals surface area (Å²) in [6, 6.07) is 5.53. The molecular weight excluding hydrogens is 413 g/mol. The predicted molar refractivity (Wildman–Crippen MR) is 108 cm³/mol. The van der Waals surface area contributed by atoms with Crippen molar-refractivity contribution in [3.05, 3.63) is 64.5 Å². The molecule has 0 saturated carbocycles. The van der Waals surface area contributed by atoms with E-state index in [1.165, 1.54) is 36.7 Å². The number of hydrogen-bond acceptors (Lipinski definition) is 5. The molecule has 7 nitrogen and oxygen atoms in total. The van der Waals surface area contributed by atoms with Gasteiger partial charge < -0.3 is 10.1 Å². The molecule has 10 heteroatoms. The predicted octanol–water partition coefficient (Wildman–Crippen LogP) is 4.39. The van der Waals surface area contributed by atoms with Crippen LogP contribution in [-0.4, -0.2) is 26.2 Å². The lowest BCUT2D eigenvalue weighted by molar-refractivity contribution is -0.136. The normalized spacial score (nSPS) is 13.1. The Balaban J connectivity index is 2.24. The van der Waals surface area contributed by atoms with Gasteiger partial charge in [0.25, 0.3) is 5.56 Å². The Morgan fingerprint density at radius 3 is 2.45 bits per heavy atom. The molecule has 3 rings (SSSR count). The van der Waals surface area contributed by atoms with Gasteiger partial charge in [-0.2, -0.15) is 13.2 Å². The van der Waals surface area contributed by atoms with Crippen molar-refractivity contribution in [1.29, 1.82) is 0 Å². The first-order valence-electron chi connectivity index (χ1n) is 9.41. The van der Waals surface area contributed by atoms with Crippen LogP contribution in [0.5, 0.6) is 0 Å². The number of alkyl carbamates (subject to hydrolysis) is 1. The highest BCUT2D eigenvalue weighted by atomic mass is 19.4. The maximum atomic E-state index is 13.6. The molecule has 0 aliphatic rings. The lowest BCUT2D eigenvalue weighted by Crippen LogP contribution is -2.37. The number of ether oxygens (including phenoxy) is 1. The van der Waals surface area contributed by atoms with E-state index in [-0.39, 0.29) is 17.0 Å². The average Bonchev–Trinajstić information content (AvgIpc) is 2.65. The number of carbonyl (C=O) groups excluding carboxylic acids is 1. The minimum atomic E-state index is -4.74. The van der Waals surface area contributed by atoms with Crippen LogP contribution in [0.25, 0.3) is 16.6 Å². The number of rotatable bonds is 3. The van der Waals surface area contributed by atoms with Gasteiger partial charge in [-0.3, -0.25) is 14.3 Å². The van der Waals surface area contributed by atoms with Crippen LogP contribution in [0.3, 0.4) is 0 Å². The van der Waals surface area contributed by atoms with Gasteiger partial charge in [0.15, 0.2) is 0 Å². The molecule has 0 bridgehead atoms. The third-order valence-electron chi connectivity index (χ3n) is 4.25. The van der Waals surface area contributed by atoms with Crippen molar-refractivity contribution >= 4 is 17.0 Å². The first kappa shape index (κ1) is 22.3. The molecule has 2 aromatic heterocycles. The van der Waals surface area contributed by atoms with E-state index >= 15 is 0 Å². The van der Waals surface area contributed by atoms with Crippen molar-refractivity contribution in [2.45, 2.75) is 45.5 Å². The average molecular weight is 434 g/mol. The molecule has 0 fully saturated rings. The smallest absolute Gasteiger partial charge is 0.417 e. The Morgan fingerprint density at radius 1 is 1.16 bits per heavy atom. The molecule has 0 aliphatic carbocycles. The van der Waals surface area contributed by atoms with Crippen LogP contribution in [0.15, 0.2) is 47.5 Å². The van der Waals surface area contributed by atoms with Gasteiger partial charge >= 0.3 is 12.3 Å². The van der Waals surface area contributed by atoms with Crippen molar-refractivity contribution in [3.63, 3.8) is 0 Å². The monoisotopic (exact) mass is 434 g/mol. The fraction of sp³-hybridized carbons (Fsp3) is 0.333. The summed E-state index contributed by atoms with van der Waals surface area (Å²) in [4.78, 5) is 33.7. The van der Waals surface area contributed by atoms with Gasteiger partial charge in [-0.25, -0.2) is 9.78 Å². The molecule has 1 atom stereocenters. The second kappa shape index (κ2) is 8.01. The molecule has 0 spiro atoms. The SMILES string of the molecule is CC(NC(=O)OC(C)(C)C)c1nc2cccc(C(F)(F)F)c2c(=O)n1-c1cccnc1. The van der Waals surface area contributed by atoms with Crippen molar-refractivity contribution < 1.29 is 22.7 Å². The zero-order chi connectivity index (χ0) is 23.0. The highest BCUT2D eigenvalue weighted by Crippen LogP contribution is 2.33. The van der Waals surface area contributed by atoms with E-state index in [1.54, 1.807) is 27.7 Å². The van der Waals surface area contributed by atoms with Crippen LogP contribution in [0.1, 0.15) is 45.1 Å². The number of nitrogens with one attached hydrogen (secondary N) is 1. The van der Waals surface area contributed by atoms with Crippen LogP contribution in [-0.2, 0) is 10.9 Å². The number of carbonyl (C=O) groups is 1. The minimum Gasteiger partial charge on any atom is -0.444 e. The highest BCUT2D eigenvalue weighted by Gasteiger charge is 2.35. The van der Waals surface area contributed by atoms with Crippen molar-refractivity contribution in [2.75, 3.05) is 0 Å². The molecule has 0 radical (unpaired) electrons. The van der Waals surface area contributed by atoms with Crippen LogP contribution >= 0.6 is 0 Å². The number of benzene rings is 1. The van der Waals surface area contributed by atoms with E-state index in [0.717, 1.165) is 10.6 Å². The van der Waals surface area contributed by atoms with E-state index in [9.17, 15) is 22.8 Å². The summed E-state index contributed by atoms with van der Waals surface area (Å²) in [6.07, 6.45) is -2.70. The Labute approximate surface area is 175 Å². The van der Waals surface area contributed by atoms with Crippen molar-refractivity contribution in [2.24, 2.45) is 0 Å². The number of halogens is 3. The minimum absolute atomic E-state index is 0.0377. The maximum absolute atomic E-state index is 13.6. The van der Waals surface area contributed by atoms with E-state index < -0.39 is 40.4 Å². The number of aromatic nitrogens is 3. The molecule has 0 aliphatic heterocycles. The fourth-order valence-corrected chi connectivity index (χ4v) is 3.06. The second-order valence-corrected chi connectivity index (χ2v) is 7.89. The van der Waals surface area contributed by atoms with Crippen molar-refractivity contribution in [1.82, 2.24) is 19.9 Å². The third kappa shape index (κ3) is 4.84. The molecule has 164 valence electrons. The molecule has 31 heavy (non-hydrogen) atoms. The number of alkyl halides is 3. The van der Waals surface area contributed by atoms with Crippen LogP contribution in [0.2, 0.25) is 0 Å². The van der Waals surface area contributed by atoms with E-state index in [2.05, 4.69) is 15.3 Å². The largest absolute Gasteiger partial charge is 0.444 e. The Bertz CT molecular complexity index is 1170. The van der Waals surface area contributed by atoms with Gasteiger partial charge in [-0.05, 0) is 52.0 Å². The number of pyridine rings is 1. The van der Waals surface area contributed by atoms with Crippen molar-refractivity contribution in [3.8, 4) is 5.69 Å². The Morgan fingerprint density at radius 2 is 1.87 bits per heavy atom. The molecule has 0 saturated heterocycles. The molecule has 1 N–H and O–H groups in total. The summed E-state index contributed by atoms with van der Waals surface area (Å²) < 4.78 is 46.9. The topological polar surface area (TPSA) is 86.1 Å². The summed E-state index contributed by atoms with van der Waals surface area (Å²) in [5.74, 6) is 0.0377. The Kier molecular flexibility index (Phi) is 5.75. The lowest BCUT2D eigenvalue weighted by atomic mass is 10.1. The number of nitrogens with zero attached hydrogens (tertiary/aromatic N) is 3. The number of fused-ring (bicyclic) bond motifs is 1. The van der Waals surface area contributed by atoms with Gasteiger partial charge in [-0.1, -0.05) is 6.07 Å². The van der Waals surface area contributed by atoms with Gasteiger partial charge in [0.1, 0.15) is 11.4 Å². The zero-order valence-electron chi connectivity index (χ0n) is 17.3. The molecular formula is C21H21F3N4O3. The Hall–Kier alpha value is -3.43. The number of hydrogen-bond donors (Lipinski definition) is 1. The summed E-state index contributed by atoms with van der Waals surface area (Å²) >= 11 is 0. The number of amides is 1. The fourth-order valence-electron chi connectivity index (χ4n) is 3.06. The van der Waals surface area contributed by atoms with Crippen LogP contribution in [0, 0.1) is 0 Å². The van der Waals surface area contributed by atoms with Gasteiger partial charge in [0, 0.05) is 6.20 Å². The summed E-state index contributed by atoms with van der Waals surface area (Å²) in [5.41, 5.74) is -2.68. The van der Waals surface area contributed by atoms with E-state index in [4.69, 9.17) is 4.74 Å². The molecule has 1 aromatic carbocycles.